The van der Waals surface area contributed by atoms with Crippen LogP contribution in [0.15, 0.2) is 0 Å². The molecule has 2 heterocycles. The Kier molecular flexibility index (Phi) is 4.26. The third-order valence-corrected chi connectivity index (χ3v) is 4.61. The van der Waals surface area contributed by atoms with Crippen LogP contribution in [0.3, 0.4) is 0 Å². The Morgan fingerprint density at radius 2 is 2.25 bits per heavy atom. The van der Waals surface area contributed by atoms with Gasteiger partial charge in [-0.25, -0.2) is 0 Å². The molecule has 2 saturated heterocycles. The van der Waals surface area contributed by atoms with Gasteiger partial charge in [0, 0.05) is 12.1 Å². The Balaban J connectivity index is 1.72. The van der Waals surface area contributed by atoms with Crippen LogP contribution in [0.1, 0.15) is 52.4 Å². The lowest BCUT2D eigenvalue weighted by molar-refractivity contribution is 0.166. The van der Waals surface area contributed by atoms with E-state index >= 15 is 0 Å². The van der Waals surface area contributed by atoms with Crippen LogP contribution in [-0.2, 0) is 0 Å². The molecule has 2 heteroatoms. The summed E-state index contributed by atoms with van der Waals surface area (Å²) in [4.78, 5) is 2.62. The molecular formula is C14H28N2. The van der Waals surface area contributed by atoms with Crippen molar-refractivity contribution in [2.45, 2.75) is 57.9 Å². The summed E-state index contributed by atoms with van der Waals surface area (Å²) >= 11 is 0. The molecule has 2 aliphatic heterocycles. The van der Waals surface area contributed by atoms with E-state index in [-0.39, 0.29) is 0 Å². The fraction of sp³-hybridized carbons (Fsp3) is 1.00. The van der Waals surface area contributed by atoms with Gasteiger partial charge in [-0.05, 0) is 71.0 Å². The lowest BCUT2D eigenvalue weighted by Gasteiger charge is -2.34. The van der Waals surface area contributed by atoms with Crippen molar-refractivity contribution < 1.29 is 0 Å². The van der Waals surface area contributed by atoms with Crippen molar-refractivity contribution in [1.29, 1.82) is 0 Å². The van der Waals surface area contributed by atoms with Gasteiger partial charge in [-0.1, -0.05) is 6.92 Å². The lowest BCUT2D eigenvalue weighted by Crippen LogP contribution is -2.39. The summed E-state index contributed by atoms with van der Waals surface area (Å²) in [6, 6.07) is 0. The van der Waals surface area contributed by atoms with Crippen molar-refractivity contribution in [1.82, 2.24) is 10.2 Å². The molecule has 0 amide bonds. The predicted octanol–water partition coefficient (Wildman–Crippen LogP) is 2.64. The predicted molar refractivity (Wildman–Crippen MR) is 69.7 cm³/mol. The van der Waals surface area contributed by atoms with E-state index in [1.54, 1.807) is 0 Å². The van der Waals surface area contributed by atoms with Crippen LogP contribution in [0.5, 0.6) is 0 Å². The topological polar surface area (TPSA) is 15.3 Å². The minimum atomic E-state index is 0.467. The van der Waals surface area contributed by atoms with E-state index in [2.05, 4.69) is 24.1 Å². The van der Waals surface area contributed by atoms with E-state index in [4.69, 9.17) is 0 Å². The molecule has 0 aromatic carbocycles. The van der Waals surface area contributed by atoms with Gasteiger partial charge in [0.15, 0.2) is 0 Å². The quantitative estimate of drug-likeness (QED) is 0.790. The third kappa shape index (κ3) is 3.21. The highest BCUT2D eigenvalue weighted by Gasteiger charge is 2.29. The van der Waals surface area contributed by atoms with Crippen molar-refractivity contribution in [3.8, 4) is 0 Å². The van der Waals surface area contributed by atoms with Crippen molar-refractivity contribution >= 4 is 0 Å². The maximum atomic E-state index is 3.68. The molecular weight excluding hydrogens is 196 g/mol. The standard InChI is InChI=1S/C14H28N2/c1-3-16-11-4-6-13(12-16)7-9-14(2)8-5-10-15-14/h13,15H,3-12H2,1-2H3. The number of likely N-dealkylation sites (tertiary alicyclic amines) is 1. The van der Waals surface area contributed by atoms with E-state index in [1.165, 1.54) is 64.7 Å². The molecule has 0 aliphatic carbocycles. The second-order valence-corrected chi connectivity index (χ2v) is 6.03. The molecule has 16 heavy (non-hydrogen) atoms. The first kappa shape index (κ1) is 12.4. The van der Waals surface area contributed by atoms with E-state index < -0.39 is 0 Å². The largest absolute Gasteiger partial charge is 0.312 e. The molecule has 2 unspecified atom stereocenters. The fourth-order valence-corrected chi connectivity index (χ4v) is 3.37. The molecule has 0 bridgehead atoms. The van der Waals surface area contributed by atoms with Gasteiger partial charge in [0.2, 0.25) is 0 Å². The number of nitrogens with zero attached hydrogens (tertiary/aromatic N) is 1. The van der Waals surface area contributed by atoms with Crippen LogP contribution in [0.4, 0.5) is 0 Å². The number of hydrogen-bond donors (Lipinski definition) is 1. The Hall–Kier alpha value is -0.0800. The van der Waals surface area contributed by atoms with E-state index in [0.717, 1.165) is 5.92 Å². The van der Waals surface area contributed by atoms with E-state index in [0.29, 0.717) is 5.54 Å². The average molecular weight is 224 g/mol. The third-order valence-electron chi connectivity index (χ3n) is 4.61. The average Bonchev–Trinajstić information content (AvgIpc) is 2.75. The summed E-state index contributed by atoms with van der Waals surface area (Å²) < 4.78 is 0. The monoisotopic (exact) mass is 224 g/mol. The number of nitrogens with one attached hydrogen (secondary N) is 1. The second-order valence-electron chi connectivity index (χ2n) is 6.03. The first-order valence-electron chi connectivity index (χ1n) is 7.19. The van der Waals surface area contributed by atoms with Crippen LogP contribution in [0, 0.1) is 5.92 Å². The van der Waals surface area contributed by atoms with Gasteiger partial charge in [-0.3, -0.25) is 0 Å². The van der Waals surface area contributed by atoms with Gasteiger partial charge in [-0.2, -0.15) is 0 Å². The van der Waals surface area contributed by atoms with E-state index in [1.807, 2.05) is 0 Å². The molecule has 94 valence electrons. The van der Waals surface area contributed by atoms with Crippen LogP contribution in [-0.4, -0.2) is 36.6 Å². The van der Waals surface area contributed by atoms with Gasteiger partial charge < -0.3 is 10.2 Å². The van der Waals surface area contributed by atoms with Gasteiger partial charge in [-0.15, -0.1) is 0 Å². The molecule has 2 nitrogen and oxygen atoms in total. The van der Waals surface area contributed by atoms with Crippen LogP contribution in [0.25, 0.3) is 0 Å². The van der Waals surface area contributed by atoms with Gasteiger partial charge in [0.25, 0.3) is 0 Å². The number of piperidine rings is 1. The molecule has 0 aromatic heterocycles. The Bertz CT molecular complexity index is 209. The minimum absolute atomic E-state index is 0.467. The molecule has 0 spiro atoms. The molecule has 2 aliphatic rings. The maximum absolute atomic E-state index is 3.68. The Labute approximate surface area is 101 Å². The van der Waals surface area contributed by atoms with Gasteiger partial charge >= 0.3 is 0 Å². The maximum Gasteiger partial charge on any atom is 0.0153 e. The van der Waals surface area contributed by atoms with Crippen LogP contribution >= 0.6 is 0 Å². The summed E-state index contributed by atoms with van der Waals surface area (Å²) in [6.45, 7) is 9.88. The normalized spacial score (nSPS) is 36.8. The zero-order chi connectivity index (χ0) is 11.4. The summed E-state index contributed by atoms with van der Waals surface area (Å²) in [5, 5.41) is 3.68. The van der Waals surface area contributed by atoms with Gasteiger partial charge in [0.1, 0.15) is 0 Å². The van der Waals surface area contributed by atoms with E-state index in [9.17, 15) is 0 Å². The fourth-order valence-electron chi connectivity index (χ4n) is 3.37. The first-order valence-corrected chi connectivity index (χ1v) is 7.19. The minimum Gasteiger partial charge on any atom is -0.312 e. The zero-order valence-electron chi connectivity index (χ0n) is 11.1. The highest BCUT2D eigenvalue weighted by molar-refractivity contribution is 4.89. The van der Waals surface area contributed by atoms with Gasteiger partial charge in [0.05, 0.1) is 0 Å². The Morgan fingerprint density at radius 1 is 1.38 bits per heavy atom. The number of hydrogen-bond acceptors (Lipinski definition) is 2. The van der Waals surface area contributed by atoms with Crippen LogP contribution in [0.2, 0.25) is 0 Å². The summed E-state index contributed by atoms with van der Waals surface area (Å²) in [5.41, 5.74) is 0.467. The molecule has 2 rings (SSSR count). The summed E-state index contributed by atoms with van der Waals surface area (Å²) in [5.74, 6) is 0.966. The summed E-state index contributed by atoms with van der Waals surface area (Å²) in [6.07, 6.45) is 8.46. The van der Waals surface area contributed by atoms with Crippen molar-refractivity contribution in [2.24, 2.45) is 5.92 Å². The first-order chi connectivity index (χ1) is 7.72. The smallest absolute Gasteiger partial charge is 0.0153 e. The van der Waals surface area contributed by atoms with Crippen molar-refractivity contribution in [3.63, 3.8) is 0 Å². The highest BCUT2D eigenvalue weighted by atomic mass is 15.1. The molecule has 0 aromatic rings. The zero-order valence-corrected chi connectivity index (χ0v) is 11.1. The second kappa shape index (κ2) is 5.50. The SMILES string of the molecule is CCN1CCCC(CCC2(C)CCCN2)C1. The molecule has 0 saturated carbocycles. The van der Waals surface area contributed by atoms with Crippen molar-refractivity contribution in [2.75, 3.05) is 26.2 Å². The lowest BCUT2D eigenvalue weighted by atomic mass is 9.86. The number of rotatable bonds is 4. The molecule has 2 atom stereocenters. The Morgan fingerprint density at radius 3 is 2.94 bits per heavy atom. The highest BCUT2D eigenvalue weighted by Crippen LogP contribution is 2.28. The van der Waals surface area contributed by atoms with Crippen LogP contribution < -0.4 is 5.32 Å². The van der Waals surface area contributed by atoms with Crippen molar-refractivity contribution in [3.05, 3.63) is 0 Å². The molecule has 1 N–H and O–H groups in total. The summed E-state index contributed by atoms with van der Waals surface area (Å²) in [7, 11) is 0. The molecule has 0 radical (unpaired) electrons. The molecule has 2 fully saturated rings.